The summed E-state index contributed by atoms with van der Waals surface area (Å²) in [6.45, 7) is 4.57. The Bertz CT molecular complexity index is 915. The van der Waals surface area contributed by atoms with Crippen molar-refractivity contribution in [2.24, 2.45) is 12.2 Å². The number of carbonyl (C=O) groups is 1. The van der Waals surface area contributed by atoms with Crippen molar-refractivity contribution in [3.63, 3.8) is 0 Å². The molecule has 0 bridgehead atoms. The van der Waals surface area contributed by atoms with Crippen LogP contribution in [0.4, 0.5) is 4.39 Å². The highest BCUT2D eigenvalue weighted by molar-refractivity contribution is 5.94. The summed E-state index contributed by atoms with van der Waals surface area (Å²) in [6.07, 6.45) is 2.52. The maximum Gasteiger partial charge on any atom is 0.267 e. The predicted octanol–water partition coefficient (Wildman–Crippen LogP) is 3.05. The molecule has 0 spiro atoms. The van der Waals surface area contributed by atoms with Gasteiger partial charge in [0.15, 0.2) is 0 Å². The highest BCUT2D eigenvalue weighted by atomic mass is 19.1. The Kier molecular flexibility index (Phi) is 4.91. The summed E-state index contributed by atoms with van der Waals surface area (Å²) in [4.78, 5) is 20.6. The lowest BCUT2D eigenvalue weighted by Crippen LogP contribution is -2.40. The number of rotatable bonds is 6. The van der Waals surface area contributed by atoms with Crippen LogP contribution in [0.25, 0.3) is 0 Å². The number of amides is 1. The maximum atomic E-state index is 13.2. The van der Waals surface area contributed by atoms with Gasteiger partial charge < -0.3 is 9.74 Å². The highest BCUT2D eigenvalue weighted by Crippen LogP contribution is 2.31. The molecule has 1 aromatic heterocycles. The van der Waals surface area contributed by atoms with Gasteiger partial charge in [0.25, 0.3) is 5.91 Å². The smallest absolute Gasteiger partial charge is 0.267 e. The molecule has 2 aromatic rings. The van der Waals surface area contributed by atoms with Gasteiger partial charge in [0.05, 0.1) is 11.4 Å². The Morgan fingerprint density at radius 2 is 2.00 bits per heavy atom. The zero-order chi connectivity index (χ0) is 19.8. The fourth-order valence-electron chi connectivity index (χ4n) is 3.68. The zero-order valence-corrected chi connectivity index (χ0v) is 16.5. The lowest BCUT2D eigenvalue weighted by Gasteiger charge is -2.24. The summed E-state index contributed by atoms with van der Waals surface area (Å²) >= 11 is 0. The zero-order valence-electron chi connectivity index (χ0n) is 16.5. The predicted molar refractivity (Wildman–Crippen MR) is 103 cm³/mol. The topological polar surface area (TPSA) is 59.7 Å². The summed E-state index contributed by atoms with van der Waals surface area (Å²) < 4.78 is 14.9. The van der Waals surface area contributed by atoms with Gasteiger partial charge in [-0.25, -0.2) is 4.39 Å². The first-order chi connectivity index (χ1) is 13.4. The minimum atomic E-state index is -0.576. The van der Waals surface area contributed by atoms with E-state index in [2.05, 4.69) is 10.3 Å². The van der Waals surface area contributed by atoms with Gasteiger partial charge in [-0.15, -0.1) is 0 Å². The summed E-state index contributed by atoms with van der Waals surface area (Å²) in [5.74, 6) is -0.273. The number of benzene rings is 1. The Balaban J connectivity index is 1.42. The number of hydrogen-bond acceptors (Lipinski definition) is 4. The molecule has 4 rings (SSSR count). The molecular formula is C21H25FN4O2. The van der Waals surface area contributed by atoms with Crippen LogP contribution < -0.4 is 0 Å². The molecule has 2 aliphatic rings. The Hall–Kier alpha value is -2.70. The average Bonchev–Trinajstić information content (AvgIpc) is 3.35. The van der Waals surface area contributed by atoms with Crippen LogP contribution in [0, 0.1) is 19.7 Å². The highest BCUT2D eigenvalue weighted by Gasteiger charge is 2.39. The van der Waals surface area contributed by atoms with E-state index in [1.807, 2.05) is 30.5 Å². The average molecular weight is 384 g/mol. The monoisotopic (exact) mass is 384 g/mol. The van der Waals surface area contributed by atoms with Gasteiger partial charge in [-0.2, -0.15) is 5.10 Å². The van der Waals surface area contributed by atoms with Crippen LogP contribution in [0.1, 0.15) is 41.8 Å². The number of aryl methyl sites for hydroxylation is 2. The van der Waals surface area contributed by atoms with Crippen molar-refractivity contribution < 1.29 is 14.0 Å². The third-order valence-electron chi connectivity index (χ3n) is 5.59. The van der Waals surface area contributed by atoms with Gasteiger partial charge in [-0.05, 0) is 44.4 Å². The molecule has 7 heteroatoms. The van der Waals surface area contributed by atoms with Crippen molar-refractivity contribution in [3.8, 4) is 0 Å². The third kappa shape index (κ3) is 3.79. The normalized spacial score (nSPS) is 18.7. The molecule has 0 saturated heterocycles. The van der Waals surface area contributed by atoms with Crippen LogP contribution in [0.2, 0.25) is 0 Å². The largest absolute Gasteiger partial charge is 0.382 e. The van der Waals surface area contributed by atoms with Crippen LogP contribution >= 0.6 is 0 Å². The molecule has 1 atom stereocenters. The van der Waals surface area contributed by atoms with Crippen LogP contribution in [0.3, 0.4) is 0 Å². The van der Waals surface area contributed by atoms with Gasteiger partial charge in [0.1, 0.15) is 5.82 Å². The van der Waals surface area contributed by atoms with E-state index in [-0.39, 0.29) is 17.8 Å². The second-order valence-electron chi connectivity index (χ2n) is 7.73. The second-order valence-corrected chi connectivity index (χ2v) is 7.73. The molecule has 1 saturated carbocycles. The molecule has 1 unspecified atom stereocenters. The molecular weight excluding hydrogens is 359 g/mol. The van der Waals surface area contributed by atoms with Crippen LogP contribution in [-0.4, -0.2) is 38.4 Å². The first kappa shape index (κ1) is 18.7. The number of oxime groups is 1. The fraction of sp³-hybridized carbons (Fsp3) is 0.476. The van der Waals surface area contributed by atoms with Crippen molar-refractivity contribution in [1.82, 2.24) is 14.7 Å². The number of aromatic nitrogens is 2. The van der Waals surface area contributed by atoms with Crippen molar-refractivity contribution in [3.05, 3.63) is 52.6 Å². The molecule has 0 N–H and O–H groups in total. The lowest BCUT2D eigenvalue weighted by atomic mass is 10.0. The minimum Gasteiger partial charge on any atom is -0.382 e. The summed E-state index contributed by atoms with van der Waals surface area (Å²) in [7, 11) is 1.92. The molecule has 1 aliphatic carbocycles. The van der Waals surface area contributed by atoms with Gasteiger partial charge in [0, 0.05) is 43.7 Å². The number of carbonyl (C=O) groups excluding carboxylic acids is 1. The molecule has 2 heterocycles. The number of halogens is 1. The molecule has 0 radical (unpaired) electrons. The van der Waals surface area contributed by atoms with Crippen molar-refractivity contribution in [2.45, 2.75) is 58.2 Å². The SMILES string of the molecule is Cc1nn(C)c(C)c1CN(C(=O)C1CC(Cc2ccc(F)cc2)=NO1)C1CC1. The lowest BCUT2D eigenvalue weighted by molar-refractivity contribution is -0.143. The van der Waals surface area contributed by atoms with E-state index in [0.29, 0.717) is 19.4 Å². The summed E-state index contributed by atoms with van der Waals surface area (Å²) in [5.41, 5.74) is 4.91. The van der Waals surface area contributed by atoms with Crippen molar-refractivity contribution >= 4 is 11.6 Å². The van der Waals surface area contributed by atoms with Gasteiger partial charge in [0.2, 0.25) is 6.10 Å². The third-order valence-corrected chi connectivity index (χ3v) is 5.59. The number of hydrogen-bond donors (Lipinski definition) is 0. The van der Waals surface area contributed by atoms with E-state index in [4.69, 9.17) is 4.84 Å². The quantitative estimate of drug-likeness (QED) is 0.769. The van der Waals surface area contributed by atoms with E-state index >= 15 is 0 Å². The van der Waals surface area contributed by atoms with Gasteiger partial charge >= 0.3 is 0 Å². The first-order valence-electron chi connectivity index (χ1n) is 9.68. The molecule has 28 heavy (non-hydrogen) atoms. The molecule has 1 amide bonds. The van der Waals surface area contributed by atoms with Crippen LogP contribution in [0.5, 0.6) is 0 Å². The first-order valence-corrected chi connectivity index (χ1v) is 9.68. The second kappa shape index (κ2) is 7.37. The van der Waals surface area contributed by atoms with Crippen LogP contribution in [0.15, 0.2) is 29.4 Å². The summed E-state index contributed by atoms with van der Waals surface area (Å²) in [6, 6.07) is 6.61. The van der Waals surface area contributed by atoms with Gasteiger partial charge in [-0.1, -0.05) is 17.3 Å². The van der Waals surface area contributed by atoms with E-state index in [1.165, 1.54) is 12.1 Å². The maximum absolute atomic E-state index is 13.2. The fourth-order valence-corrected chi connectivity index (χ4v) is 3.68. The molecule has 1 aliphatic heterocycles. The number of nitrogens with zero attached hydrogens (tertiary/aromatic N) is 4. The molecule has 148 valence electrons. The molecule has 6 nitrogen and oxygen atoms in total. The van der Waals surface area contributed by atoms with Crippen molar-refractivity contribution in [1.29, 1.82) is 0 Å². The Morgan fingerprint density at radius 3 is 2.61 bits per heavy atom. The van der Waals surface area contributed by atoms with E-state index < -0.39 is 6.10 Å². The van der Waals surface area contributed by atoms with E-state index in [1.54, 1.807) is 12.1 Å². The van der Waals surface area contributed by atoms with Gasteiger partial charge in [-0.3, -0.25) is 9.48 Å². The Labute approximate surface area is 164 Å². The van der Waals surface area contributed by atoms with Crippen LogP contribution in [-0.2, 0) is 29.6 Å². The Morgan fingerprint density at radius 1 is 1.29 bits per heavy atom. The summed E-state index contributed by atoms with van der Waals surface area (Å²) in [5, 5.41) is 8.59. The standard InChI is InChI=1S/C21H25FN4O2/c1-13-19(14(2)25(3)23-13)12-26(18-8-9-18)21(27)20-11-17(24-28-20)10-15-4-6-16(22)7-5-15/h4-7,18,20H,8-12H2,1-3H3. The minimum absolute atomic E-state index is 0.0111. The van der Waals surface area contributed by atoms with E-state index in [9.17, 15) is 9.18 Å². The molecule has 1 aromatic carbocycles. The van der Waals surface area contributed by atoms with E-state index in [0.717, 1.165) is 41.1 Å². The molecule has 1 fully saturated rings. The van der Waals surface area contributed by atoms with Crippen molar-refractivity contribution in [2.75, 3.05) is 0 Å².